The summed E-state index contributed by atoms with van der Waals surface area (Å²) >= 11 is 1.41. The van der Waals surface area contributed by atoms with Crippen LogP contribution >= 0.6 is 11.3 Å². The molecule has 0 saturated heterocycles. The molecule has 33 heavy (non-hydrogen) atoms. The first-order valence-electron chi connectivity index (χ1n) is 10.5. The Kier molecular flexibility index (Phi) is 6.42. The summed E-state index contributed by atoms with van der Waals surface area (Å²) in [6, 6.07) is 15.7. The first kappa shape index (κ1) is 22.5. The maximum atomic E-state index is 12.7. The molecule has 4 rings (SSSR count). The Bertz CT molecular complexity index is 1310. The average molecular weight is 461 g/mol. The molecule has 1 amide bonds. The van der Waals surface area contributed by atoms with Gasteiger partial charge in [-0.15, -0.1) is 11.3 Å². The summed E-state index contributed by atoms with van der Waals surface area (Å²) < 4.78 is 11.7. The van der Waals surface area contributed by atoms with Crippen molar-refractivity contribution in [2.75, 3.05) is 12.4 Å². The second-order valence-electron chi connectivity index (χ2n) is 7.86. The minimum absolute atomic E-state index is 0.164. The third kappa shape index (κ3) is 4.73. The van der Waals surface area contributed by atoms with Gasteiger partial charge < -0.3 is 9.15 Å². The summed E-state index contributed by atoms with van der Waals surface area (Å²) in [6.45, 7) is 5.93. The molecule has 0 aliphatic heterocycles. The number of carbonyl (C=O) groups is 2. The number of methoxy groups -OCH3 is 1. The fourth-order valence-electron chi connectivity index (χ4n) is 3.48. The van der Waals surface area contributed by atoms with Gasteiger partial charge in [-0.1, -0.05) is 50.2 Å². The molecule has 7 heteroatoms. The number of benzene rings is 2. The number of hydrogen-bond acceptors (Lipinski definition) is 6. The predicted octanol–water partition coefficient (Wildman–Crippen LogP) is 6.43. The van der Waals surface area contributed by atoms with Crippen molar-refractivity contribution in [3.63, 3.8) is 0 Å². The van der Waals surface area contributed by atoms with E-state index in [9.17, 15) is 9.59 Å². The van der Waals surface area contributed by atoms with E-state index >= 15 is 0 Å². The molecular formula is C26H24N2O4S. The molecule has 0 atom stereocenters. The Morgan fingerprint density at radius 3 is 2.52 bits per heavy atom. The van der Waals surface area contributed by atoms with Gasteiger partial charge in [-0.25, -0.2) is 9.78 Å². The van der Waals surface area contributed by atoms with E-state index in [0.29, 0.717) is 22.2 Å². The zero-order chi connectivity index (χ0) is 23.5. The molecule has 0 fully saturated rings. The fraction of sp³-hybridized carbons (Fsp3) is 0.192. The molecule has 168 valence electrons. The van der Waals surface area contributed by atoms with Crippen LogP contribution in [0.15, 0.2) is 59.0 Å². The Hall–Kier alpha value is -3.71. The standard InChI is InChI=1S/C26H24N2O4S/c1-15(2)18-12-9-17(10-13-18)11-14-21(29)28-24-23(22(16(3)32-24)26(30)31-4)25-27-19-7-5-6-8-20(19)33-25/h5-15H,1-4H3,(H,28,29)/b14-11+. The van der Waals surface area contributed by atoms with Crippen molar-refractivity contribution in [3.05, 3.63) is 77.1 Å². The Morgan fingerprint density at radius 2 is 1.85 bits per heavy atom. The van der Waals surface area contributed by atoms with Gasteiger partial charge in [0.15, 0.2) is 0 Å². The van der Waals surface area contributed by atoms with Crippen molar-refractivity contribution in [1.29, 1.82) is 0 Å². The summed E-state index contributed by atoms with van der Waals surface area (Å²) in [5, 5.41) is 3.33. The first-order chi connectivity index (χ1) is 15.9. The lowest BCUT2D eigenvalue weighted by atomic mass is 10.0. The van der Waals surface area contributed by atoms with Gasteiger partial charge in [0.1, 0.15) is 16.3 Å². The second kappa shape index (κ2) is 9.42. The smallest absolute Gasteiger partial charge is 0.342 e. The molecule has 6 nitrogen and oxygen atoms in total. The van der Waals surface area contributed by atoms with E-state index in [-0.39, 0.29) is 17.4 Å². The number of ether oxygens (including phenoxy) is 1. The van der Waals surface area contributed by atoms with Gasteiger partial charge in [0, 0.05) is 6.08 Å². The van der Waals surface area contributed by atoms with Crippen molar-refractivity contribution in [2.45, 2.75) is 26.7 Å². The van der Waals surface area contributed by atoms with Crippen LogP contribution in [0, 0.1) is 6.92 Å². The van der Waals surface area contributed by atoms with Crippen LogP contribution in [0.4, 0.5) is 5.88 Å². The van der Waals surface area contributed by atoms with E-state index in [1.165, 1.54) is 30.1 Å². The molecule has 2 aromatic carbocycles. The minimum atomic E-state index is -0.549. The molecule has 0 saturated carbocycles. The fourth-order valence-corrected chi connectivity index (χ4v) is 4.50. The third-order valence-corrected chi connectivity index (χ3v) is 6.30. The molecule has 0 aliphatic carbocycles. The first-order valence-corrected chi connectivity index (χ1v) is 11.4. The molecule has 2 heterocycles. The number of rotatable bonds is 6. The Balaban J connectivity index is 1.65. The SMILES string of the molecule is COC(=O)c1c(C)oc(NC(=O)/C=C/c2ccc(C(C)C)cc2)c1-c1nc2ccccc2s1. The zero-order valence-electron chi connectivity index (χ0n) is 18.8. The highest BCUT2D eigenvalue weighted by Gasteiger charge is 2.28. The van der Waals surface area contributed by atoms with Crippen LogP contribution in [-0.2, 0) is 9.53 Å². The third-order valence-electron chi connectivity index (χ3n) is 5.25. The highest BCUT2D eigenvalue weighted by atomic mass is 32.1. The molecule has 2 aromatic heterocycles. The highest BCUT2D eigenvalue weighted by Crippen LogP contribution is 2.40. The predicted molar refractivity (Wildman–Crippen MR) is 132 cm³/mol. The van der Waals surface area contributed by atoms with Gasteiger partial charge in [-0.3, -0.25) is 10.1 Å². The van der Waals surface area contributed by atoms with Gasteiger partial charge in [-0.05, 0) is 42.2 Å². The van der Waals surface area contributed by atoms with Crippen LogP contribution in [0.5, 0.6) is 0 Å². The molecule has 0 spiro atoms. The van der Waals surface area contributed by atoms with E-state index in [1.807, 2.05) is 48.5 Å². The molecule has 0 aliphatic rings. The Labute approximate surface area is 195 Å². The number of nitrogens with zero attached hydrogens (tertiary/aromatic N) is 1. The number of aryl methyl sites for hydroxylation is 1. The largest absolute Gasteiger partial charge is 0.465 e. The number of furan rings is 1. The number of fused-ring (bicyclic) bond motifs is 1. The number of para-hydroxylation sites is 1. The quantitative estimate of drug-likeness (QED) is 0.265. The van der Waals surface area contributed by atoms with Gasteiger partial charge in [0.05, 0.1) is 22.9 Å². The number of amides is 1. The molecular weight excluding hydrogens is 436 g/mol. The Morgan fingerprint density at radius 1 is 1.12 bits per heavy atom. The summed E-state index contributed by atoms with van der Waals surface area (Å²) in [5.74, 6) is 0.0251. The van der Waals surface area contributed by atoms with Crippen LogP contribution in [0.2, 0.25) is 0 Å². The summed E-state index contributed by atoms with van der Waals surface area (Å²) in [6.07, 6.45) is 3.16. The number of nitrogens with one attached hydrogen (secondary N) is 1. The van der Waals surface area contributed by atoms with Gasteiger partial charge in [-0.2, -0.15) is 0 Å². The normalized spacial score (nSPS) is 11.4. The van der Waals surface area contributed by atoms with Crippen LogP contribution in [0.25, 0.3) is 26.9 Å². The molecule has 4 aromatic rings. The maximum absolute atomic E-state index is 12.7. The zero-order valence-corrected chi connectivity index (χ0v) is 19.7. The number of aromatic nitrogens is 1. The highest BCUT2D eigenvalue weighted by molar-refractivity contribution is 7.21. The van der Waals surface area contributed by atoms with E-state index in [0.717, 1.165) is 15.8 Å². The number of hydrogen-bond donors (Lipinski definition) is 1. The van der Waals surface area contributed by atoms with Crippen LogP contribution in [0.3, 0.4) is 0 Å². The van der Waals surface area contributed by atoms with E-state index in [2.05, 4.69) is 24.1 Å². The minimum Gasteiger partial charge on any atom is -0.465 e. The summed E-state index contributed by atoms with van der Waals surface area (Å²) in [7, 11) is 1.31. The topological polar surface area (TPSA) is 81.4 Å². The summed E-state index contributed by atoms with van der Waals surface area (Å²) in [5.41, 5.74) is 3.61. The number of esters is 1. The molecule has 0 radical (unpaired) electrons. The van der Waals surface area contributed by atoms with Gasteiger partial charge in [0.25, 0.3) is 5.91 Å². The number of thiazole rings is 1. The molecule has 0 bridgehead atoms. The van der Waals surface area contributed by atoms with Crippen LogP contribution in [-0.4, -0.2) is 24.0 Å². The van der Waals surface area contributed by atoms with Crippen molar-refractivity contribution in [2.24, 2.45) is 0 Å². The van der Waals surface area contributed by atoms with Crippen molar-refractivity contribution in [1.82, 2.24) is 4.98 Å². The van der Waals surface area contributed by atoms with Crippen molar-refractivity contribution in [3.8, 4) is 10.6 Å². The van der Waals surface area contributed by atoms with Gasteiger partial charge in [0.2, 0.25) is 5.88 Å². The average Bonchev–Trinajstić information content (AvgIpc) is 3.37. The second-order valence-corrected chi connectivity index (χ2v) is 8.89. The van der Waals surface area contributed by atoms with Gasteiger partial charge >= 0.3 is 5.97 Å². The number of anilines is 1. The van der Waals surface area contributed by atoms with Crippen molar-refractivity contribution < 1.29 is 18.7 Å². The monoisotopic (exact) mass is 460 g/mol. The molecule has 0 unspecified atom stereocenters. The van der Waals surface area contributed by atoms with E-state index < -0.39 is 5.97 Å². The lowest BCUT2D eigenvalue weighted by Crippen LogP contribution is -2.09. The lowest BCUT2D eigenvalue weighted by molar-refractivity contribution is -0.111. The lowest BCUT2D eigenvalue weighted by Gasteiger charge is -2.05. The maximum Gasteiger partial charge on any atom is 0.342 e. The van der Waals surface area contributed by atoms with Crippen LogP contribution in [0.1, 0.15) is 47.0 Å². The van der Waals surface area contributed by atoms with E-state index in [4.69, 9.17) is 9.15 Å². The van der Waals surface area contributed by atoms with Crippen molar-refractivity contribution >= 4 is 45.4 Å². The summed E-state index contributed by atoms with van der Waals surface area (Å²) in [4.78, 5) is 29.8. The van der Waals surface area contributed by atoms with Crippen LogP contribution < -0.4 is 5.32 Å². The molecule has 1 N–H and O–H groups in total. The van der Waals surface area contributed by atoms with E-state index in [1.54, 1.807) is 13.0 Å². The number of carbonyl (C=O) groups excluding carboxylic acids is 2.